The first-order valence-corrected chi connectivity index (χ1v) is 10.0. The zero-order valence-corrected chi connectivity index (χ0v) is 17.1. The molecular weight excluding hydrogens is 360 g/mol. The Morgan fingerprint density at radius 3 is 2.42 bits per heavy atom. The van der Waals surface area contributed by atoms with Gasteiger partial charge in [-0.2, -0.15) is 0 Å². The van der Waals surface area contributed by atoms with E-state index in [0.29, 0.717) is 6.04 Å². The number of nitrogens with zero attached hydrogens (tertiary/aromatic N) is 1. The third kappa shape index (κ3) is 3.62. The Labute approximate surface area is 166 Å². The van der Waals surface area contributed by atoms with E-state index in [2.05, 4.69) is 84.3 Å². The van der Waals surface area contributed by atoms with Crippen molar-refractivity contribution in [2.75, 3.05) is 19.4 Å². The van der Waals surface area contributed by atoms with Crippen molar-refractivity contribution in [3.8, 4) is 0 Å². The van der Waals surface area contributed by atoms with Crippen molar-refractivity contribution in [1.29, 1.82) is 0 Å². The SMILES string of the molecule is CN(C)C1(c2ccccc2)CCC(Nc2ccc3sccc3c2)CC1.Cl. The van der Waals surface area contributed by atoms with E-state index in [9.17, 15) is 0 Å². The van der Waals surface area contributed by atoms with E-state index in [-0.39, 0.29) is 17.9 Å². The predicted octanol–water partition coefficient (Wildman–Crippen LogP) is 6.13. The summed E-state index contributed by atoms with van der Waals surface area (Å²) < 4.78 is 1.37. The molecule has 1 saturated carbocycles. The van der Waals surface area contributed by atoms with Gasteiger partial charge in [0.1, 0.15) is 0 Å². The second kappa shape index (κ2) is 7.99. The van der Waals surface area contributed by atoms with Crippen LogP contribution in [0, 0.1) is 0 Å². The molecule has 0 spiro atoms. The number of thiophene rings is 1. The van der Waals surface area contributed by atoms with Crippen molar-refractivity contribution in [2.45, 2.75) is 37.3 Å². The average Bonchev–Trinajstić information content (AvgIpc) is 3.11. The molecule has 1 aromatic heterocycles. The molecule has 2 aromatic carbocycles. The second-order valence-electron chi connectivity index (χ2n) is 7.38. The third-order valence-corrected chi connectivity index (χ3v) is 6.70. The van der Waals surface area contributed by atoms with Crippen LogP contribution in [0.4, 0.5) is 5.69 Å². The number of hydrogen-bond donors (Lipinski definition) is 1. The monoisotopic (exact) mass is 386 g/mol. The highest BCUT2D eigenvalue weighted by molar-refractivity contribution is 7.17. The van der Waals surface area contributed by atoms with Gasteiger partial charge in [0.15, 0.2) is 0 Å². The normalized spacial score (nSPS) is 23.0. The Hall–Kier alpha value is -1.55. The lowest BCUT2D eigenvalue weighted by atomic mass is 9.74. The van der Waals surface area contributed by atoms with Gasteiger partial charge >= 0.3 is 0 Å². The summed E-state index contributed by atoms with van der Waals surface area (Å²) in [7, 11) is 4.45. The lowest BCUT2D eigenvalue weighted by molar-refractivity contribution is 0.0945. The Morgan fingerprint density at radius 2 is 1.73 bits per heavy atom. The Kier molecular flexibility index (Phi) is 5.91. The summed E-state index contributed by atoms with van der Waals surface area (Å²) in [5, 5.41) is 7.29. The van der Waals surface area contributed by atoms with E-state index < -0.39 is 0 Å². The lowest BCUT2D eigenvalue weighted by Gasteiger charge is -2.46. The van der Waals surface area contributed by atoms with Crippen molar-refractivity contribution < 1.29 is 0 Å². The molecule has 1 aliphatic carbocycles. The van der Waals surface area contributed by atoms with E-state index in [1.165, 1.54) is 47.0 Å². The van der Waals surface area contributed by atoms with Gasteiger partial charge in [0.2, 0.25) is 0 Å². The first kappa shape index (κ1) is 19.2. The molecule has 4 heteroatoms. The van der Waals surface area contributed by atoms with E-state index >= 15 is 0 Å². The van der Waals surface area contributed by atoms with Crippen molar-refractivity contribution in [3.05, 3.63) is 65.5 Å². The topological polar surface area (TPSA) is 15.3 Å². The largest absolute Gasteiger partial charge is 0.382 e. The molecule has 0 aliphatic heterocycles. The van der Waals surface area contributed by atoms with Crippen LogP contribution in [0.2, 0.25) is 0 Å². The molecule has 1 fully saturated rings. The zero-order chi connectivity index (χ0) is 17.3. The molecule has 3 aromatic rings. The minimum atomic E-state index is 0. The quantitative estimate of drug-likeness (QED) is 0.579. The van der Waals surface area contributed by atoms with Crippen molar-refractivity contribution >= 4 is 39.5 Å². The van der Waals surface area contributed by atoms with Gasteiger partial charge < -0.3 is 5.32 Å². The standard InChI is InChI=1S/C22H26N2S.ClH/c1-24(2)22(18-6-4-3-5-7-18)13-10-19(11-14-22)23-20-8-9-21-17(16-20)12-15-25-21;/h3-9,12,15-16,19,23H,10-11,13-14H2,1-2H3;1H. The highest BCUT2D eigenvalue weighted by Crippen LogP contribution is 2.41. The summed E-state index contributed by atoms with van der Waals surface area (Å²) in [5.74, 6) is 0. The fourth-order valence-corrected chi connectivity index (χ4v) is 5.05. The number of fused-ring (bicyclic) bond motifs is 1. The summed E-state index contributed by atoms with van der Waals surface area (Å²) >= 11 is 1.81. The van der Waals surface area contributed by atoms with E-state index in [1.54, 1.807) is 0 Å². The van der Waals surface area contributed by atoms with Crippen molar-refractivity contribution in [2.24, 2.45) is 0 Å². The molecule has 1 aliphatic rings. The van der Waals surface area contributed by atoms with Crippen LogP contribution >= 0.6 is 23.7 Å². The smallest absolute Gasteiger partial charge is 0.0456 e. The van der Waals surface area contributed by atoms with Gasteiger partial charge in [-0.1, -0.05) is 30.3 Å². The summed E-state index contributed by atoms with van der Waals surface area (Å²) in [6, 6.07) is 20.5. The maximum Gasteiger partial charge on any atom is 0.0456 e. The fraction of sp³-hybridized carbons (Fsp3) is 0.364. The summed E-state index contributed by atoms with van der Waals surface area (Å²) in [6.45, 7) is 0. The molecule has 0 unspecified atom stereocenters. The molecule has 0 bridgehead atoms. The molecule has 2 nitrogen and oxygen atoms in total. The highest BCUT2D eigenvalue weighted by atomic mass is 35.5. The number of benzene rings is 2. The van der Waals surface area contributed by atoms with Gasteiger partial charge in [-0.3, -0.25) is 4.90 Å². The maximum absolute atomic E-state index is 3.78. The predicted molar refractivity (Wildman–Crippen MR) is 117 cm³/mol. The minimum absolute atomic E-state index is 0. The summed E-state index contributed by atoms with van der Waals surface area (Å²) in [6.07, 6.45) is 4.80. The maximum atomic E-state index is 3.78. The molecule has 1 heterocycles. The summed E-state index contributed by atoms with van der Waals surface area (Å²) in [4.78, 5) is 2.43. The molecule has 0 atom stereocenters. The first-order valence-electron chi connectivity index (χ1n) is 9.14. The van der Waals surface area contributed by atoms with E-state index in [0.717, 1.165) is 0 Å². The van der Waals surface area contributed by atoms with E-state index in [4.69, 9.17) is 0 Å². The second-order valence-corrected chi connectivity index (χ2v) is 8.33. The number of halogens is 1. The molecule has 138 valence electrons. The van der Waals surface area contributed by atoms with Crippen LogP contribution in [0.3, 0.4) is 0 Å². The molecular formula is C22H27ClN2S. The fourth-order valence-electron chi connectivity index (χ4n) is 4.27. The van der Waals surface area contributed by atoms with Gasteiger partial charge in [0, 0.05) is 22.0 Å². The molecule has 26 heavy (non-hydrogen) atoms. The van der Waals surface area contributed by atoms with Gasteiger partial charge in [-0.05, 0) is 80.4 Å². The van der Waals surface area contributed by atoms with Crippen LogP contribution in [0.25, 0.3) is 10.1 Å². The molecule has 4 rings (SSSR count). The molecule has 0 amide bonds. The Bertz CT molecular complexity index is 835. The van der Waals surface area contributed by atoms with Crippen LogP contribution in [-0.2, 0) is 5.54 Å². The van der Waals surface area contributed by atoms with Gasteiger partial charge in [-0.15, -0.1) is 23.7 Å². The van der Waals surface area contributed by atoms with Crippen LogP contribution in [0.5, 0.6) is 0 Å². The lowest BCUT2D eigenvalue weighted by Crippen LogP contribution is -2.46. The molecule has 1 N–H and O–H groups in total. The number of anilines is 1. The van der Waals surface area contributed by atoms with Crippen LogP contribution in [0.1, 0.15) is 31.2 Å². The number of nitrogens with one attached hydrogen (secondary N) is 1. The average molecular weight is 387 g/mol. The van der Waals surface area contributed by atoms with Crippen molar-refractivity contribution in [3.63, 3.8) is 0 Å². The van der Waals surface area contributed by atoms with Gasteiger partial charge in [-0.25, -0.2) is 0 Å². The first-order chi connectivity index (χ1) is 12.2. The number of hydrogen-bond acceptors (Lipinski definition) is 3. The van der Waals surface area contributed by atoms with Crippen LogP contribution in [0.15, 0.2) is 60.0 Å². The third-order valence-electron chi connectivity index (χ3n) is 5.80. The minimum Gasteiger partial charge on any atom is -0.382 e. The molecule has 0 saturated heterocycles. The Balaban J connectivity index is 0.00000196. The van der Waals surface area contributed by atoms with E-state index in [1.807, 2.05) is 11.3 Å². The summed E-state index contributed by atoms with van der Waals surface area (Å²) in [5.41, 5.74) is 2.89. The van der Waals surface area contributed by atoms with Gasteiger partial charge in [0.05, 0.1) is 0 Å². The molecule has 0 radical (unpaired) electrons. The van der Waals surface area contributed by atoms with Crippen molar-refractivity contribution in [1.82, 2.24) is 4.90 Å². The zero-order valence-electron chi connectivity index (χ0n) is 15.4. The number of rotatable bonds is 4. The highest BCUT2D eigenvalue weighted by Gasteiger charge is 2.38. The van der Waals surface area contributed by atoms with Crippen LogP contribution in [-0.4, -0.2) is 25.0 Å². The van der Waals surface area contributed by atoms with Crippen LogP contribution < -0.4 is 5.32 Å². The van der Waals surface area contributed by atoms with Gasteiger partial charge in [0.25, 0.3) is 0 Å². The Morgan fingerprint density at radius 1 is 1.00 bits per heavy atom.